The van der Waals surface area contributed by atoms with Crippen LogP contribution in [0.2, 0.25) is 5.02 Å². The average molecular weight is 402 g/mol. The van der Waals surface area contributed by atoms with E-state index in [4.69, 9.17) is 23.8 Å². The third kappa shape index (κ3) is 4.69. The molecule has 0 radical (unpaired) electrons. The minimum atomic E-state index is 0.600. The summed E-state index contributed by atoms with van der Waals surface area (Å²) >= 11 is 14.8. The number of thiocarbonyl (C=S) groups is 1. The Morgan fingerprint density at radius 2 is 2.18 bits per heavy atom. The van der Waals surface area contributed by atoms with Gasteiger partial charge in [0.15, 0.2) is 5.11 Å². The van der Waals surface area contributed by atoms with Gasteiger partial charge in [-0.3, -0.25) is 4.68 Å². The highest BCUT2D eigenvalue weighted by molar-refractivity contribution is 9.10. The Bertz CT molecular complexity index is 652. The van der Waals surface area contributed by atoms with Gasteiger partial charge in [-0.15, -0.1) is 0 Å². The molecule has 2 N–H and O–H groups in total. The van der Waals surface area contributed by atoms with Crippen molar-refractivity contribution in [3.8, 4) is 0 Å². The van der Waals surface area contributed by atoms with Crippen LogP contribution in [0.25, 0.3) is 0 Å². The lowest BCUT2D eigenvalue weighted by molar-refractivity contribution is 0.570. The predicted octanol–water partition coefficient (Wildman–Crippen LogP) is 4.29. The molecule has 0 unspecified atom stereocenters. The maximum atomic E-state index is 6.09. The normalized spacial score (nSPS) is 10.5. The van der Waals surface area contributed by atoms with Crippen molar-refractivity contribution in [1.82, 2.24) is 15.1 Å². The second-order valence-corrected chi connectivity index (χ2v) is 6.64. The molecule has 1 aromatic heterocycles. The number of nitrogens with one attached hydrogen (secondary N) is 2. The van der Waals surface area contributed by atoms with Crippen LogP contribution in [0.15, 0.2) is 28.9 Å². The van der Waals surface area contributed by atoms with E-state index in [9.17, 15) is 0 Å². The highest BCUT2D eigenvalue weighted by Crippen LogP contribution is 2.22. The van der Waals surface area contributed by atoms with Gasteiger partial charge in [0.1, 0.15) is 0 Å². The molecule has 7 heteroatoms. The fraction of sp³-hybridized carbons (Fsp3) is 0.333. The van der Waals surface area contributed by atoms with Gasteiger partial charge in [-0.1, -0.05) is 17.7 Å². The van der Waals surface area contributed by atoms with Crippen molar-refractivity contribution in [3.05, 3.63) is 45.1 Å². The molecule has 0 fully saturated rings. The Balaban J connectivity index is 1.75. The largest absolute Gasteiger partial charge is 0.362 e. The third-order valence-electron chi connectivity index (χ3n) is 3.25. The summed E-state index contributed by atoms with van der Waals surface area (Å²) in [5, 5.41) is 12.1. The Labute approximate surface area is 149 Å². The van der Waals surface area contributed by atoms with Gasteiger partial charge in [-0.05, 0) is 66.1 Å². The summed E-state index contributed by atoms with van der Waals surface area (Å²) in [5.41, 5.74) is 2.92. The van der Waals surface area contributed by atoms with Crippen LogP contribution in [0.1, 0.15) is 17.7 Å². The van der Waals surface area contributed by atoms with E-state index in [1.54, 1.807) is 0 Å². The SMILES string of the molecule is Cc1nn(CCCNC(=S)Nc2cccc(Cl)c2C)cc1Br. The summed E-state index contributed by atoms with van der Waals surface area (Å²) in [6.07, 6.45) is 2.92. The molecule has 0 spiro atoms. The number of hydrogen-bond donors (Lipinski definition) is 2. The first-order chi connectivity index (χ1) is 10.5. The quantitative estimate of drug-likeness (QED) is 0.579. The van der Waals surface area contributed by atoms with Gasteiger partial charge in [0.25, 0.3) is 0 Å². The van der Waals surface area contributed by atoms with Crippen LogP contribution in [0.5, 0.6) is 0 Å². The molecule has 118 valence electrons. The van der Waals surface area contributed by atoms with E-state index in [2.05, 4.69) is 31.7 Å². The van der Waals surface area contributed by atoms with Crippen LogP contribution < -0.4 is 10.6 Å². The summed E-state index contributed by atoms with van der Waals surface area (Å²) in [7, 11) is 0. The fourth-order valence-corrected chi connectivity index (χ4v) is 2.66. The number of hydrogen-bond acceptors (Lipinski definition) is 2. The van der Waals surface area contributed by atoms with Gasteiger partial charge in [-0.25, -0.2) is 0 Å². The van der Waals surface area contributed by atoms with Crippen molar-refractivity contribution < 1.29 is 0 Å². The number of anilines is 1. The van der Waals surface area contributed by atoms with Gasteiger partial charge in [-0.2, -0.15) is 5.10 Å². The van der Waals surface area contributed by atoms with Crippen LogP contribution >= 0.6 is 39.7 Å². The molecular formula is C15H18BrClN4S. The van der Waals surface area contributed by atoms with Crippen LogP contribution in [0.4, 0.5) is 5.69 Å². The van der Waals surface area contributed by atoms with Crippen LogP contribution in [0.3, 0.4) is 0 Å². The number of halogens is 2. The Morgan fingerprint density at radius 3 is 2.86 bits per heavy atom. The maximum Gasteiger partial charge on any atom is 0.170 e. The maximum absolute atomic E-state index is 6.09. The second-order valence-electron chi connectivity index (χ2n) is 4.97. The first-order valence-corrected chi connectivity index (χ1v) is 8.55. The van der Waals surface area contributed by atoms with E-state index in [1.807, 2.05) is 42.9 Å². The summed E-state index contributed by atoms with van der Waals surface area (Å²) in [4.78, 5) is 0. The molecule has 0 aliphatic heterocycles. The number of nitrogens with zero attached hydrogens (tertiary/aromatic N) is 2. The Morgan fingerprint density at radius 1 is 1.41 bits per heavy atom. The average Bonchev–Trinajstić information content (AvgIpc) is 2.79. The third-order valence-corrected chi connectivity index (χ3v) is 4.69. The highest BCUT2D eigenvalue weighted by Gasteiger charge is 2.04. The number of rotatable bonds is 5. The molecule has 22 heavy (non-hydrogen) atoms. The van der Waals surface area contributed by atoms with Crippen molar-refractivity contribution in [2.24, 2.45) is 0 Å². The van der Waals surface area contributed by atoms with Crippen molar-refractivity contribution in [1.29, 1.82) is 0 Å². The monoisotopic (exact) mass is 400 g/mol. The molecular weight excluding hydrogens is 384 g/mol. The fourth-order valence-electron chi connectivity index (χ4n) is 1.96. The zero-order chi connectivity index (χ0) is 16.1. The lowest BCUT2D eigenvalue weighted by Gasteiger charge is -2.13. The molecule has 0 atom stereocenters. The molecule has 1 aromatic carbocycles. The zero-order valence-corrected chi connectivity index (χ0v) is 15.6. The molecule has 0 saturated carbocycles. The first kappa shape index (κ1) is 17.2. The molecule has 0 aliphatic rings. The van der Waals surface area contributed by atoms with E-state index in [0.29, 0.717) is 5.11 Å². The minimum absolute atomic E-state index is 0.600. The number of benzene rings is 1. The van der Waals surface area contributed by atoms with E-state index < -0.39 is 0 Å². The summed E-state index contributed by atoms with van der Waals surface area (Å²) in [6.45, 7) is 5.57. The summed E-state index contributed by atoms with van der Waals surface area (Å²) in [5.74, 6) is 0. The molecule has 0 aliphatic carbocycles. The van der Waals surface area contributed by atoms with E-state index >= 15 is 0 Å². The highest BCUT2D eigenvalue weighted by atomic mass is 79.9. The molecule has 2 aromatic rings. The Hall–Kier alpha value is -1.11. The van der Waals surface area contributed by atoms with Crippen molar-refractivity contribution in [3.63, 3.8) is 0 Å². The zero-order valence-electron chi connectivity index (χ0n) is 12.5. The molecule has 0 saturated heterocycles. The Kier molecular flexibility index (Phi) is 6.23. The van der Waals surface area contributed by atoms with Crippen molar-refractivity contribution in [2.45, 2.75) is 26.8 Å². The van der Waals surface area contributed by atoms with E-state index in [-0.39, 0.29) is 0 Å². The van der Waals surface area contributed by atoms with E-state index in [1.165, 1.54) is 0 Å². The van der Waals surface area contributed by atoms with Crippen molar-refractivity contribution >= 4 is 50.5 Å². The van der Waals surface area contributed by atoms with Crippen LogP contribution in [-0.4, -0.2) is 21.4 Å². The summed E-state index contributed by atoms with van der Waals surface area (Å²) in [6, 6.07) is 5.72. The van der Waals surface area contributed by atoms with Crippen LogP contribution in [0, 0.1) is 13.8 Å². The first-order valence-electron chi connectivity index (χ1n) is 6.97. The van der Waals surface area contributed by atoms with Gasteiger partial charge >= 0.3 is 0 Å². The van der Waals surface area contributed by atoms with E-state index in [0.717, 1.165) is 46.0 Å². The van der Waals surface area contributed by atoms with Gasteiger partial charge < -0.3 is 10.6 Å². The number of aromatic nitrogens is 2. The van der Waals surface area contributed by atoms with Gasteiger partial charge in [0.2, 0.25) is 0 Å². The predicted molar refractivity (Wildman–Crippen MR) is 99.7 cm³/mol. The molecule has 0 amide bonds. The smallest absolute Gasteiger partial charge is 0.170 e. The van der Waals surface area contributed by atoms with Crippen molar-refractivity contribution in [2.75, 3.05) is 11.9 Å². The molecule has 2 rings (SSSR count). The van der Waals surface area contributed by atoms with Crippen LogP contribution in [-0.2, 0) is 6.54 Å². The molecule has 1 heterocycles. The standard InChI is InChI=1S/C15H18BrClN4S/c1-10-13(17)5-3-6-14(10)19-15(22)18-7-4-8-21-9-12(16)11(2)20-21/h3,5-6,9H,4,7-8H2,1-2H3,(H2,18,19,22). The lowest BCUT2D eigenvalue weighted by atomic mass is 10.2. The van der Waals surface area contributed by atoms with Gasteiger partial charge in [0.05, 0.1) is 10.2 Å². The molecule has 4 nitrogen and oxygen atoms in total. The topological polar surface area (TPSA) is 41.9 Å². The molecule has 0 bridgehead atoms. The lowest BCUT2D eigenvalue weighted by Crippen LogP contribution is -2.30. The van der Waals surface area contributed by atoms with Gasteiger partial charge in [0, 0.05) is 30.0 Å². The number of aryl methyl sites for hydroxylation is 2. The summed E-state index contributed by atoms with van der Waals surface area (Å²) < 4.78 is 2.97. The minimum Gasteiger partial charge on any atom is -0.362 e. The second kappa shape index (κ2) is 7.94.